The maximum absolute atomic E-state index is 15.2. The highest BCUT2D eigenvalue weighted by Crippen LogP contribution is 2.52. The number of carbonyl (C=O) groups is 1. The standard InChI is InChI=1S/C22H21F2N7O2/c1-25-20(32)16-7-26-19-14(23)6-12(8-30(16)19)17-15(24)9-31-18(17)21(33-2)28-22(29-31)27-13-4-10-3-11(10)5-13/h6-11,13H,3-5H2,1-2H3,(H,25,32)(H,27,29). The number of pyridine rings is 1. The Bertz CT molecular complexity index is 1420. The Morgan fingerprint density at radius 1 is 1.18 bits per heavy atom. The Morgan fingerprint density at radius 2 is 1.97 bits per heavy atom. The van der Waals surface area contributed by atoms with E-state index in [9.17, 15) is 9.18 Å². The minimum atomic E-state index is -0.695. The van der Waals surface area contributed by atoms with Gasteiger partial charge in [-0.2, -0.15) is 4.98 Å². The lowest BCUT2D eigenvalue weighted by Crippen LogP contribution is -2.20. The summed E-state index contributed by atoms with van der Waals surface area (Å²) in [5, 5.41) is 10.2. The topological polar surface area (TPSA) is 97.9 Å². The summed E-state index contributed by atoms with van der Waals surface area (Å²) in [6.07, 6.45) is 7.40. The van der Waals surface area contributed by atoms with Crippen molar-refractivity contribution in [2.45, 2.75) is 25.3 Å². The minimum absolute atomic E-state index is 0.0365. The van der Waals surface area contributed by atoms with Crippen LogP contribution in [-0.4, -0.2) is 50.1 Å². The van der Waals surface area contributed by atoms with E-state index in [0.717, 1.165) is 24.7 Å². The molecule has 2 fully saturated rings. The molecule has 2 saturated carbocycles. The highest BCUT2D eigenvalue weighted by Gasteiger charge is 2.46. The lowest BCUT2D eigenvalue weighted by Gasteiger charge is -2.15. The average Bonchev–Trinajstić information content (AvgIpc) is 3.13. The second-order valence-electron chi connectivity index (χ2n) is 8.65. The largest absolute Gasteiger partial charge is 0.479 e. The average molecular weight is 453 g/mol. The van der Waals surface area contributed by atoms with Crippen LogP contribution in [0.1, 0.15) is 29.8 Å². The predicted molar refractivity (Wildman–Crippen MR) is 115 cm³/mol. The van der Waals surface area contributed by atoms with Gasteiger partial charge in [-0.3, -0.25) is 9.20 Å². The SMILES string of the molecule is CNC(=O)c1cnc2c(F)cc(-c3c(F)cn4nc(NC5CC6CC6C5)nc(OC)c34)cn12. The Morgan fingerprint density at radius 3 is 2.70 bits per heavy atom. The molecule has 0 aliphatic heterocycles. The molecule has 2 N–H and O–H groups in total. The zero-order valence-electron chi connectivity index (χ0n) is 18.0. The van der Waals surface area contributed by atoms with Crippen LogP contribution >= 0.6 is 0 Å². The number of ether oxygens (including phenoxy) is 1. The first-order valence-corrected chi connectivity index (χ1v) is 10.7. The van der Waals surface area contributed by atoms with Gasteiger partial charge in [0.05, 0.1) is 25.1 Å². The molecule has 0 aromatic carbocycles. The fourth-order valence-electron chi connectivity index (χ4n) is 4.99. The van der Waals surface area contributed by atoms with Gasteiger partial charge in [0, 0.05) is 24.8 Å². The van der Waals surface area contributed by atoms with E-state index in [0.29, 0.717) is 5.95 Å². The third-order valence-corrected chi connectivity index (χ3v) is 6.63. The first-order valence-electron chi connectivity index (χ1n) is 10.7. The molecule has 2 aliphatic rings. The Hall–Kier alpha value is -3.76. The number of nitrogens with zero attached hydrogens (tertiary/aromatic N) is 5. The number of nitrogens with one attached hydrogen (secondary N) is 2. The Kier molecular flexibility index (Phi) is 4.29. The van der Waals surface area contributed by atoms with Crippen LogP contribution in [0.5, 0.6) is 5.88 Å². The summed E-state index contributed by atoms with van der Waals surface area (Å²) in [6.45, 7) is 0. The molecule has 4 aromatic rings. The van der Waals surface area contributed by atoms with Crippen LogP contribution in [0.25, 0.3) is 22.3 Å². The Balaban J connectivity index is 1.47. The zero-order valence-corrected chi connectivity index (χ0v) is 18.0. The van der Waals surface area contributed by atoms with Gasteiger partial charge in [0.25, 0.3) is 5.91 Å². The van der Waals surface area contributed by atoms with Gasteiger partial charge >= 0.3 is 0 Å². The number of carbonyl (C=O) groups excluding carboxylic acids is 1. The fourth-order valence-corrected chi connectivity index (χ4v) is 4.99. The molecule has 4 heterocycles. The number of hydrogen-bond acceptors (Lipinski definition) is 6. The molecular formula is C22H21F2N7O2. The number of hydrogen-bond donors (Lipinski definition) is 2. The van der Waals surface area contributed by atoms with Crippen LogP contribution in [0.15, 0.2) is 24.7 Å². The summed E-state index contributed by atoms with van der Waals surface area (Å²) < 4.78 is 38.1. The van der Waals surface area contributed by atoms with E-state index >= 15 is 4.39 Å². The van der Waals surface area contributed by atoms with Gasteiger partial charge in [-0.05, 0) is 37.2 Å². The molecule has 170 valence electrons. The normalized spacial score (nSPS) is 21.4. The molecule has 2 unspecified atom stereocenters. The number of methoxy groups -OCH3 is 1. The third-order valence-electron chi connectivity index (χ3n) is 6.63. The smallest absolute Gasteiger partial charge is 0.269 e. The maximum Gasteiger partial charge on any atom is 0.269 e. The number of halogens is 2. The van der Waals surface area contributed by atoms with Gasteiger partial charge in [-0.25, -0.2) is 18.3 Å². The lowest BCUT2D eigenvalue weighted by molar-refractivity contribution is 0.0957. The van der Waals surface area contributed by atoms with Crippen molar-refractivity contribution in [1.82, 2.24) is 29.3 Å². The van der Waals surface area contributed by atoms with E-state index in [4.69, 9.17) is 4.74 Å². The van der Waals surface area contributed by atoms with E-state index < -0.39 is 17.5 Å². The molecule has 0 spiro atoms. The van der Waals surface area contributed by atoms with E-state index in [-0.39, 0.29) is 39.9 Å². The van der Waals surface area contributed by atoms with Gasteiger partial charge < -0.3 is 15.4 Å². The van der Waals surface area contributed by atoms with Crippen molar-refractivity contribution in [3.63, 3.8) is 0 Å². The van der Waals surface area contributed by atoms with Gasteiger partial charge in [-0.15, -0.1) is 5.10 Å². The first kappa shape index (κ1) is 19.9. The number of rotatable bonds is 5. The van der Waals surface area contributed by atoms with E-state index in [1.54, 1.807) is 0 Å². The molecule has 6 rings (SSSR count). The molecule has 11 heteroatoms. The highest BCUT2D eigenvalue weighted by molar-refractivity contribution is 5.93. The molecular weight excluding hydrogens is 432 g/mol. The van der Waals surface area contributed by atoms with Crippen molar-refractivity contribution in [3.8, 4) is 17.0 Å². The Labute approximate surface area is 186 Å². The van der Waals surface area contributed by atoms with Crippen molar-refractivity contribution in [2.24, 2.45) is 11.8 Å². The van der Waals surface area contributed by atoms with E-state index in [2.05, 4.69) is 25.7 Å². The van der Waals surface area contributed by atoms with Gasteiger partial charge in [0.2, 0.25) is 11.8 Å². The zero-order chi connectivity index (χ0) is 22.9. The van der Waals surface area contributed by atoms with Crippen molar-refractivity contribution in [2.75, 3.05) is 19.5 Å². The number of amides is 1. The summed E-state index contributed by atoms with van der Waals surface area (Å²) in [6, 6.07) is 1.46. The molecule has 33 heavy (non-hydrogen) atoms. The minimum Gasteiger partial charge on any atom is -0.479 e. The number of aromatic nitrogens is 5. The summed E-state index contributed by atoms with van der Waals surface area (Å²) in [5.74, 6) is 0.328. The molecule has 0 radical (unpaired) electrons. The highest BCUT2D eigenvalue weighted by atomic mass is 19.1. The molecule has 9 nitrogen and oxygen atoms in total. The van der Waals surface area contributed by atoms with Crippen LogP contribution in [0, 0.1) is 23.5 Å². The second kappa shape index (κ2) is 7.12. The molecule has 2 aliphatic carbocycles. The molecule has 2 atom stereocenters. The molecule has 4 aromatic heterocycles. The van der Waals surface area contributed by atoms with Crippen LogP contribution in [0.2, 0.25) is 0 Å². The van der Waals surface area contributed by atoms with Crippen molar-refractivity contribution >= 4 is 23.0 Å². The summed E-state index contributed by atoms with van der Waals surface area (Å²) in [4.78, 5) is 20.6. The van der Waals surface area contributed by atoms with Crippen molar-refractivity contribution in [3.05, 3.63) is 42.0 Å². The monoisotopic (exact) mass is 453 g/mol. The molecule has 0 bridgehead atoms. The van der Waals surface area contributed by atoms with Gasteiger partial charge in [0.1, 0.15) is 11.2 Å². The summed E-state index contributed by atoms with van der Waals surface area (Å²) in [7, 11) is 2.90. The third kappa shape index (κ3) is 3.10. The predicted octanol–water partition coefficient (Wildman–Crippen LogP) is 2.90. The fraction of sp³-hybridized carbons (Fsp3) is 0.364. The van der Waals surface area contributed by atoms with Crippen molar-refractivity contribution in [1.29, 1.82) is 0 Å². The molecule has 0 saturated heterocycles. The number of anilines is 1. The second-order valence-corrected chi connectivity index (χ2v) is 8.65. The van der Waals surface area contributed by atoms with Crippen LogP contribution in [0.4, 0.5) is 14.7 Å². The van der Waals surface area contributed by atoms with E-state index in [1.807, 2.05) is 0 Å². The molecule has 1 amide bonds. The van der Waals surface area contributed by atoms with Crippen LogP contribution in [0.3, 0.4) is 0 Å². The number of fused-ring (bicyclic) bond motifs is 3. The van der Waals surface area contributed by atoms with Gasteiger partial charge in [-0.1, -0.05) is 0 Å². The van der Waals surface area contributed by atoms with Crippen molar-refractivity contribution < 1.29 is 18.3 Å². The summed E-state index contributed by atoms with van der Waals surface area (Å²) >= 11 is 0. The van der Waals surface area contributed by atoms with Crippen LogP contribution in [-0.2, 0) is 0 Å². The quantitative estimate of drug-likeness (QED) is 0.482. The van der Waals surface area contributed by atoms with Gasteiger partial charge in [0.15, 0.2) is 17.3 Å². The number of imidazole rings is 1. The van der Waals surface area contributed by atoms with Crippen LogP contribution < -0.4 is 15.4 Å². The summed E-state index contributed by atoms with van der Waals surface area (Å²) in [5.41, 5.74) is 0.613. The lowest BCUT2D eigenvalue weighted by atomic mass is 10.1. The maximum atomic E-state index is 15.2. The first-order chi connectivity index (χ1) is 16.0. The van der Waals surface area contributed by atoms with E-state index in [1.165, 1.54) is 54.2 Å².